The van der Waals surface area contributed by atoms with E-state index in [9.17, 15) is 48.3 Å². The van der Waals surface area contributed by atoms with Gasteiger partial charge in [-0.1, -0.05) is 114 Å². The molecule has 3 rings (SSSR count). The average molecular weight is 1310 g/mol. The Morgan fingerprint density at radius 3 is 1.87 bits per heavy atom. The van der Waals surface area contributed by atoms with E-state index < -0.39 is 137 Å². The highest BCUT2D eigenvalue weighted by Crippen LogP contribution is 2.19. The zero-order valence-electron chi connectivity index (χ0n) is 51.1. The lowest BCUT2D eigenvalue weighted by molar-refractivity contribution is -0.826. The van der Waals surface area contributed by atoms with Gasteiger partial charge in [0.25, 0.3) is 5.91 Å². The van der Waals surface area contributed by atoms with Crippen molar-refractivity contribution < 1.29 is 53.2 Å². The minimum Gasteiger partial charge on any atom is -0.384 e. The maximum Gasteiger partial charge on any atom is 0.287 e. The molecule has 0 aromatic heterocycles. The Bertz CT molecular complexity index is 2710. The van der Waals surface area contributed by atoms with Crippen LogP contribution in [0, 0.1) is 11.8 Å². The number of benzene rings is 1. The molecule has 86 heavy (non-hydrogen) atoms. The first kappa shape index (κ1) is 74.4. The Morgan fingerprint density at radius 1 is 0.721 bits per heavy atom. The number of hydrogen-bond donors (Lipinski definition) is 14. The summed E-state index contributed by atoms with van der Waals surface area (Å²) in [6.07, 6.45) is 3.92. The maximum atomic E-state index is 14.4. The molecule has 0 fully saturated rings. The third-order valence-corrected chi connectivity index (χ3v) is 17.2. The van der Waals surface area contributed by atoms with Gasteiger partial charge in [-0.25, -0.2) is 0 Å². The van der Waals surface area contributed by atoms with E-state index in [2.05, 4.69) is 63.8 Å². The van der Waals surface area contributed by atoms with Crippen LogP contribution >= 0.6 is 72.4 Å². The number of rotatable bonds is 23. The van der Waals surface area contributed by atoms with Gasteiger partial charge < -0.3 is 73.8 Å². The number of nitrogens with one attached hydrogen (secondary N) is 13. The molecule has 476 valence electrons. The maximum absolute atomic E-state index is 14.4. The highest BCUT2D eigenvalue weighted by atomic mass is 32.2. The summed E-state index contributed by atoms with van der Waals surface area (Å²) in [6.45, 7) is 18.3. The van der Waals surface area contributed by atoms with Gasteiger partial charge in [0, 0.05) is 31.8 Å². The van der Waals surface area contributed by atoms with Crippen LogP contribution in [0.4, 0.5) is 0 Å². The number of aliphatic hydroxyl groups is 1. The van der Waals surface area contributed by atoms with Crippen molar-refractivity contribution in [2.24, 2.45) is 11.8 Å². The minimum absolute atomic E-state index is 0.0144. The standard InChI is InChI=1S/C56H86N14O10S6/c1-27(2)40-51(79)58-29(5)46(74)63-38(24-36-18-16-15-17-19-36)49(77)68-43(44(72)39-25-69(12)26-70(39)13)50(78)57-21-23-86-35(11)42(52(80)65-40)67-47(75)31(7)60-54(82)33(9)62-53(81)32(8)59-45(73)30(6)61-55(83)37(20-22-85-14)64-56(84)41(28(3)4)66-48(76)34(10)71/h15-19,21,23,25,27-33,35,37-38,40-44,72H,20,22,24,26H2,1-14H3,(H,57,78)(H,58,79)(H,59,73)(H,60,82)(H,61,83)(H,62,81)(H,63,74)(H,64,84)(H,65,80)(H,66,76)(H,67,75)(H,68,77)/p+1. The largest absolute Gasteiger partial charge is 0.384 e. The van der Waals surface area contributed by atoms with E-state index in [0.717, 1.165) is 16.7 Å². The van der Waals surface area contributed by atoms with Crippen molar-refractivity contribution in [1.82, 2.24) is 68.7 Å². The van der Waals surface area contributed by atoms with Gasteiger partial charge in [0.05, 0.1) is 51.2 Å². The van der Waals surface area contributed by atoms with E-state index in [1.165, 1.54) is 32.4 Å². The number of quaternary nitrogens is 1. The van der Waals surface area contributed by atoms with Gasteiger partial charge in [-0.05, 0) is 75.9 Å². The van der Waals surface area contributed by atoms with Crippen LogP contribution < -0.4 is 68.7 Å². The van der Waals surface area contributed by atoms with Gasteiger partial charge in [-0.2, -0.15) is 11.8 Å². The zero-order valence-corrected chi connectivity index (χ0v) is 56.0. The number of amides is 8. The minimum atomic E-state index is -1.57. The van der Waals surface area contributed by atoms with Crippen LogP contribution in [0.25, 0.3) is 0 Å². The molecular formula is C56H87N14O10S6+. The van der Waals surface area contributed by atoms with Crippen molar-refractivity contribution in [3.05, 3.63) is 59.4 Å². The van der Waals surface area contributed by atoms with Crippen LogP contribution in [0.5, 0.6) is 0 Å². The summed E-state index contributed by atoms with van der Waals surface area (Å²) in [5.41, 5.74) is 1.05. The first-order valence-corrected chi connectivity index (χ1v) is 32.2. The van der Waals surface area contributed by atoms with Crippen molar-refractivity contribution in [2.45, 2.75) is 167 Å². The van der Waals surface area contributed by atoms with Crippen molar-refractivity contribution in [2.75, 3.05) is 32.8 Å². The Balaban J connectivity index is 1.78. The predicted molar refractivity (Wildman–Crippen MR) is 351 cm³/mol. The zero-order chi connectivity index (χ0) is 64.9. The van der Waals surface area contributed by atoms with Gasteiger partial charge in [-0.15, -0.1) is 11.8 Å². The number of ketones is 1. The topological polar surface area (TPSA) is 326 Å². The molecule has 14 unspecified atom stereocenters. The smallest absolute Gasteiger partial charge is 0.287 e. The van der Waals surface area contributed by atoms with Gasteiger partial charge >= 0.3 is 0 Å². The average Bonchev–Trinajstić information content (AvgIpc) is 3.37. The molecule has 24 nitrogen and oxygen atoms in total. The fourth-order valence-corrected chi connectivity index (χ4v) is 11.2. The molecule has 0 bridgehead atoms. The summed E-state index contributed by atoms with van der Waals surface area (Å²) in [6, 6.07) is -2.19. The summed E-state index contributed by atoms with van der Waals surface area (Å²) >= 11 is 25.4. The number of carbonyl (C=O) groups is 9. The second-order valence-electron chi connectivity index (χ2n) is 22.1. The molecule has 1 aromatic rings. The lowest BCUT2D eigenvalue weighted by Crippen LogP contribution is -3.03. The van der Waals surface area contributed by atoms with E-state index in [-0.39, 0.29) is 27.3 Å². The number of likely N-dealkylation sites (N-methyl/N-ethyl adjacent to an activating group) is 1. The number of hydrogen-bond acceptors (Lipinski definition) is 17. The van der Waals surface area contributed by atoms with Gasteiger partial charge in [0.1, 0.15) is 60.3 Å². The van der Waals surface area contributed by atoms with Crippen LogP contribution in [0.3, 0.4) is 0 Å². The Morgan fingerprint density at radius 2 is 1.30 bits per heavy atom. The van der Waals surface area contributed by atoms with Crippen molar-refractivity contribution in [3.8, 4) is 0 Å². The fraction of sp³-hybridized carbons (Fsp3) is 0.589. The number of nitrogens with zero attached hydrogens (tertiary/aromatic N) is 1. The monoisotopic (exact) mass is 1310 g/mol. The SMILES string of the molecule is CSCCC(NC(=S)C(NC(=O)C(C)=O)C(C)C)C(=S)NC(C)C(=O)NC(C)C(=S)NC(C)C(=S)NC(C)C(=O)NC1C(=O)NC(C(C)C)C(=O)NC(C)C(=O)NC(Cc2ccccc2)C(=O)NC(C(O)C2=C[NH+](C)CN2C)C(=O)NC=CSC1C. The third-order valence-electron chi connectivity index (χ3n) is 13.9. The van der Waals surface area contributed by atoms with Gasteiger partial charge in [0.15, 0.2) is 6.67 Å². The number of thioether (sulfide) groups is 2. The normalized spacial score (nSPS) is 23.2. The summed E-state index contributed by atoms with van der Waals surface area (Å²) in [4.78, 5) is 126. The van der Waals surface area contributed by atoms with Crippen LogP contribution in [-0.2, 0) is 49.6 Å². The molecule has 1 aromatic carbocycles. The van der Waals surface area contributed by atoms with Crippen LogP contribution in [0.15, 0.2) is 53.8 Å². The van der Waals surface area contributed by atoms with E-state index in [0.29, 0.717) is 35.1 Å². The highest BCUT2D eigenvalue weighted by molar-refractivity contribution is 8.02. The van der Waals surface area contributed by atoms with Gasteiger partial charge in [0.2, 0.25) is 47.1 Å². The second-order valence-corrected chi connectivity index (χ2v) is 26.1. The lowest BCUT2D eigenvalue weighted by Gasteiger charge is -2.30. The molecule has 30 heteroatoms. The molecule has 8 amide bonds. The molecule has 0 saturated carbocycles. The summed E-state index contributed by atoms with van der Waals surface area (Å²) < 4.78 is 0. The third kappa shape index (κ3) is 23.3. The first-order chi connectivity index (χ1) is 40.3. The number of carbonyl (C=O) groups excluding carboxylic acids is 9. The summed E-state index contributed by atoms with van der Waals surface area (Å²) in [7, 11) is 3.60. The Labute approximate surface area is 534 Å². The molecular weight excluding hydrogens is 1220 g/mol. The Kier molecular flexibility index (Phi) is 31.0. The number of aliphatic hydroxyl groups excluding tert-OH is 1. The molecule has 2 heterocycles. The predicted octanol–water partition coefficient (Wildman–Crippen LogP) is -1.14. The van der Waals surface area contributed by atoms with E-state index in [1.807, 2.05) is 27.2 Å². The molecule has 0 spiro atoms. The molecule has 2 aliphatic heterocycles. The molecule has 14 atom stereocenters. The van der Waals surface area contributed by atoms with Crippen LogP contribution in [0.2, 0.25) is 0 Å². The summed E-state index contributed by atoms with van der Waals surface area (Å²) in [5.74, 6) is -6.28. The van der Waals surface area contributed by atoms with Crippen LogP contribution in [0.1, 0.15) is 88.1 Å². The van der Waals surface area contributed by atoms with Crippen molar-refractivity contribution in [3.63, 3.8) is 0 Å². The second kappa shape index (κ2) is 35.8. The molecule has 0 radical (unpaired) electrons. The molecule has 2 aliphatic rings. The lowest BCUT2D eigenvalue weighted by atomic mass is 10.0. The van der Waals surface area contributed by atoms with Gasteiger partial charge in [-0.3, -0.25) is 48.1 Å². The molecule has 0 aliphatic carbocycles. The summed E-state index contributed by atoms with van der Waals surface area (Å²) in [5, 5.41) is 46.5. The van der Waals surface area contributed by atoms with Crippen LogP contribution in [-0.4, -0.2) is 194 Å². The van der Waals surface area contributed by atoms with Crippen molar-refractivity contribution in [1.29, 1.82) is 0 Å². The first-order valence-electron chi connectivity index (χ1n) is 28.2. The van der Waals surface area contributed by atoms with E-state index in [4.69, 9.17) is 48.9 Å². The quantitative estimate of drug-likeness (QED) is 0.0455. The molecule has 14 N–H and O–H groups in total. The van der Waals surface area contributed by atoms with E-state index in [1.54, 1.807) is 102 Å². The Hall–Kier alpha value is -5.89. The van der Waals surface area contributed by atoms with E-state index >= 15 is 0 Å². The number of Topliss-reactive ketones (excluding diaryl/α,β-unsaturated/α-hetero) is 1. The fourth-order valence-electron chi connectivity index (χ4n) is 8.66. The number of thiocarbonyl (C=S) groups is 4. The van der Waals surface area contributed by atoms with Crippen molar-refractivity contribution >= 4 is 145 Å². The molecule has 0 saturated heterocycles. The highest BCUT2D eigenvalue weighted by Gasteiger charge is 2.39.